The molecule has 0 spiro atoms. The Bertz CT molecular complexity index is 1520. The highest BCUT2D eigenvalue weighted by atomic mass is 31.2. The molecule has 19 heteroatoms. The molecule has 0 amide bonds. The molecule has 9 atom stereocenters. The summed E-state index contributed by atoms with van der Waals surface area (Å²) < 4.78 is 49.4. The van der Waals surface area contributed by atoms with Crippen LogP contribution in [0.15, 0.2) is 48.6 Å². The number of allylic oxidation sites excluding steroid dienone is 7. The molecule has 1 fully saturated rings. The fourth-order valence-corrected chi connectivity index (χ4v) is 9.08. The van der Waals surface area contributed by atoms with Crippen LogP contribution in [0, 0.1) is 0 Å². The molecule has 1 rings (SSSR count). The molecule has 17 nitrogen and oxygen atoms in total. The van der Waals surface area contributed by atoms with Crippen LogP contribution in [0.25, 0.3) is 0 Å². The van der Waals surface area contributed by atoms with E-state index in [4.69, 9.17) is 18.5 Å². The number of phosphoric ester groups is 2. The van der Waals surface area contributed by atoms with E-state index < -0.39 is 89.6 Å². The van der Waals surface area contributed by atoms with Gasteiger partial charge in [-0.25, -0.2) is 9.13 Å². The van der Waals surface area contributed by atoms with Crippen LogP contribution in [-0.4, -0.2) is 114 Å². The Labute approximate surface area is 406 Å². The van der Waals surface area contributed by atoms with Gasteiger partial charge in [-0.2, -0.15) is 0 Å². The maximum Gasteiger partial charge on any atom is 0.472 e. The number of phosphoric acid groups is 2. The van der Waals surface area contributed by atoms with Crippen LogP contribution >= 0.6 is 15.6 Å². The highest BCUT2D eigenvalue weighted by Gasteiger charge is 2.54. The first-order valence-electron chi connectivity index (χ1n) is 25.3. The van der Waals surface area contributed by atoms with Gasteiger partial charge in [0.15, 0.2) is 6.10 Å². The van der Waals surface area contributed by atoms with Crippen molar-refractivity contribution in [2.75, 3.05) is 13.2 Å². The first-order chi connectivity index (χ1) is 32.5. The maximum atomic E-state index is 13.0. The molecule has 0 aromatic rings. The van der Waals surface area contributed by atoms with Crippen molar-refractivity contribution in [2.24, 2.45) is 0 Å². The molecule has 1 aliphatic rings. The zero-order valence-electron chi connectivity index (χ0n) is 40.9. The van der Waals surface area contributed by atoms with E-state index in [1.165, 1.54) is 77.0 Å². The van der Waals surface area contributed by atoms with Crippen molar-refractivity contribution < 1.29 is 82.0 Å². The number of hydrogen-bond acceptors (Lipinski definition) is 14. The SMILES string of the molecule is CCCCCCCCCCCCCCCCCCCC(=O)OC[C@H](COP(=O)(O)O[C@H]1C(O)C(O)C(O)[C@@H](OP(=O)(O)O)C1O)OC(=O)CCC/C=C\C/C=C\C/C=C\C=C\[C@@H](O)CCCCC. The summed E-state index contributed by atoms with van der Waals surface area (Å²) >= 11 is 0. The number of aliphatic hydroxyl groups is 5. The lowest BCUT2D eigenvalue weighted by molar-refractivity contribution is -0.216. The lowest BCUT2D eigenvalue weighted by Crippen LogP contribution is -2.64. The van der Waals surface area contributed by atoms with E-state index in [0.717, 1.165) is 57.8 Å². The van der Waals surface area contributed by atoms with Gasteiger partial charge in [0.1, 0.15) is 43.2 Å². The van der Waals surface area contributed by atoms with Gasteiger partial charge < -0.3 is 49.7 Å². The van der Waals surface area contributed by atoms with E-state index >= 15 is 0 Å². The molecular formula is C49H88O17P2. The number of hydrogen-bond donors (Lipinski definition) is 8. The van der Waals surface area contributed by atoms with Crippen LogP contribution in [0.5, 0.6) is 0 Å². The smallest absolute Gasteiger partial charge is 0.462 e. The van der Waals surface area contributed by atoms with Gasteiger partial charge in [0, 0.05) is 12.8 Å². The molecule has 68 heavy (non-hydrogen) atoms. The number of rotatable bonds is 42. The summed E-state index contributed by atoms with van der Waals surface area (Å²) in [5, 5.41) is 51.2. The lowest BCUT2D eigenvalue weighted by atomic mass is 9.85. The topological polar surface area (TPSA) is 276 Å². The second kappa shape index (κ2) is 39.5. The molecule has 1 aliphatic carbocycles. The second-order valence-electron chi connectivity index (χ2n) is 17.7. The summed E-state index contributed by atoms with van der Waals surface area (Å²) in [6, 6.07) is 0. The van der Waals surface area contributed by atoms with E-state index in [0.29, 0.717) is 25.7 Å². The van der Waals surface area contributed by atoms with E-state index in [9.17, 15) is 58.9 Å². The summed E-state index contributed by atoms with van der Waals surface area (Å²) in [7, 11) is -10.7. The molecule has 0 heterocycles. The third kappa shape index (κ3) is 33.5. The number of aliphatic hydroxyl groups excluding tert-OH is 5. The minimum Gasteiger partial charge on any atom is -0.462 e. The number of unbranched alkanes of at least 4 members (excludes halogenated alkanes) is 19. The van der Waals surface area contributed by atoms with Crippen LogP contribution in [0.1, 0.15) is 187 Å². The molecule has 8 N–H and O–H groups in total. The van der Waals surface area contributed by atoms with Gasteiger partial charge >= 0.3 is 27.6 Å². The van der Waals surface area contributed by atoms with Crippen LogP contribution in [0.2, 0.25) is 0 Å². The molecule has 0 saturated heterocycles. The molecule has 0 aliphatic heterocycles. The quantitative estimate of drug-likeness (QED) is 0.00931. The molecule has 5 unspecified atom stereocenters. The lowest BCUT2D eigenvalue weighted by Gasteiger charge is -2.43. The summed E-state index contributed by atoms with van der Waals surface area (Å²) in [5.74, 6) is -1.29. The molecule has 1 saturated carbocycles. The Morgan fingerprint density at radius 1 is 0.544 bits per heavy atom. The summed E-state index contributed by atoms with van der Waals surface area (Å²) in [6.45, 7) is 2.96. The van der Waals surface area contributed by atoms with Gasteiger partial charge in [0.25, 0.3) is 0 Å². The zero-order valence-corrected chi connectivity index (χ0v) is 42.7. The molecular weight excluding hydrogens is 922 g/mol. The minimum absolute atomic E-state index is 0.0512. The number of ether oxygens (including phenoxy) is 2. The largest absolute Gasteiger partial charge is 0.472 e. The third-order valence-corrected chi connectivity index (χ3v) is 13.0. The fourth-order valence-electron chi connectivity index (χ4n) is 7.54. The second-order valence-corrected chi connectivity index (χ2v) is 20.3. The Hall–Kier alpha value is -2.08. The summed E-state index contributed by atoms with van der Waals surface area (Å²) in [5.41, 5.74) is 0. The molecule has 0 bridgehead atoms. The summed E-state index contributed by atoms with van der Waals surface area (Å²) in [6.07, 6.45) is 26.8. The van der Waals surface area contributed by atoms with Gasteiger partial charge in [-0.3, -0.25) is 23.2 Å². The van der Waals surface area contributed by atoms with Crippen molar-refractivity contribution in [1.29, 1.82) is 0 Å². The monoisotopic (exact) mass is 1010 g/mol. The standard InChI is InChI=1S/C49H88O17P2/c1-3-5-7-8-9-10-11-12-13-14-15-16-19-22-25-28-32-36-42(51)62-38-41(39-63-68(60,61)66-49-46(55)44(53)45(54)48(47(49)56)65-67(57,58)59)64-43(52)37-33-29-26-23-20-17-18-21-24-27-31-35-40(50)34-30-6-4-2/h17-18,23-24,26-27,31,35,40-41,44-50,53-56H,3-16,19-22,25,28-30,32-34,36-39H2,1-2H3,(H,60,61)(H2,57,58,59)/b18-17-,26-23-,27-24-,35-31+/t40-,41+,44?,45?,46?,47?,48+,49-/m0/s1. The van der Waals surface area contributed by atoms with Crippen molar-refractivity contribution in [1.82, 2.24) is 0 Å². The van der Waals surface area contributed by atoms with Crippen molar-refractivity contribution in [2.45, 2.75) is 236 Å². The van der Waals surface area contributed by atoms with Crippen LogP contribution in [0.4, 0.5) is 0 Å². The van der Waals surface area contributed by atoms with E-state index in [1.54, 1.807) is 6.08 Å². The van der Waals surface area contributed by atoms with Gasteiger partial charge in [-0.15, -0.1) is 0 Å². The van der Waals surface area contributed by atoms with Gasteiger partial charge in [0.05, 0.1) is 12.7 Å². The van der Waals surface area contributed by atoms with Gasteiger partial charge in [-0.1, -0.05) is 184 Å². The minimum atomic E-state index is -5.38. The molecule has 396 valence electrons. The first-order valence-corrected chi connectivity index (χ1v) is 28.3. The average molecular weight is 1010 g/mol. The fraction of sp³-hybridized carbons (Fsp3) is 0.796. The Morgan fingerprint density at radius 2 is 1.03 bits per heavy atom. The summed E-state index contributed by atoms with van der Waals surface area (Å²) in [4.78, 5) is 54.3. The van der Waals surface area contributed by atoms with E-state index in [1.807, 2.05) is 42.5 Å². The zero-order chi connectivity index (χ0) is 50.5. The highest BCUT2D eigenvalue weighted by Crippen LogP contribution is 2.49. The van der Waals surface area contributed by atoms with Crippen molar-refractivity contribution in [3.05, 3.63) is 48.6 Å². The number of esters is 2. The Kier molecular flexibility index (Phi) is 37.2. The highest BCUT2D eigenvalue weighted by molar-refractivity contribution is 7.47. The van der Waals surface area contributed by atoms with Crippen LogP contribution in [0.3, 0.4) is 0 Å². The van der Waals surface area contributed by atoms with Crippen LogP contribution < -0.4 is 0 Å². The van der Waals surface area contributed by atoms with E-state index in [2.05, 4.69) is 18.4 Å². The third-order valence-electron chi connectivity index (χ3n) is 11.5. The van der Waals surface area contributed by atoms with E-state index in [-0.39, 0.29) is 12.8 Å². The normalized spacial score (nSPS) is 22.1. The molecule has 0 radical (unpaired) electrons. The van der Waals surface area contributed by atoms with Crippen molar-refractivity contribution in [3.63, 3.8) is 0 Å². The Balaban J connectivity index is 2.61. The van der Waals surface area contributed by atoms with Gasteiger partial charge in [-0.05, 0) is 38.5 Å². The average Bonchev–Trinajstić information content (AvgIpc) is 3.29. The van der Waals surface area contributed by atoms with Crippen molar-refractivity contribution >= 4 is 27.6 Å². The maximum absolute atomic E-state index is 13.0. The molecule has 0 aromatic heterocycles. The predicted molar refractivity (Wildman–Crippen MR) is 261 cm³/mol. The predicted octanol–water partition coefficient (Wildman–Crippen LogP) is 9.04. The Morgan fingerprint density at radius 3 is 1.59 bits per heavy atom. The number of carbonyl (C=O) groups is 2. The van der Waals surface area contributed by atoms with Gasteiger partial charge in [0.2, 0.25) is 0 Å². The first kappa shape index (κ1) is 63.9. The van der Waals surface area contributed by atoms with Crippen LogP contribution in [-0.2, 0) is 41.8 Å². The number of carbonyl (C=O) groups excluding carboxylic acids is 2. The van der Waals surface area contributed by atoms with Crippen molar-refractivity contribution in [3.8, 4) is 0 Å². The molecule has 0 aromatic carbocycles.